The first-order valence-corrected chi connectivity index (χ1v) is 3.98. The fourth-order valence-electron chi connectivity index (χ4n) is 1.36. The Morgan fingerprint density at radius 2 is 2.15 bits per heavy atom. The normalized spacial score (nSPS) is 11.8. The summed E-state index contributed by atoms with van der Waals surface area (Å²) < 4.78 is 0. The van der Waals surface area contributed by atoms with Crippen LogP contribution >= 0.6 is 0 Å². The molecule has 0 aliphatic carbocycles. The van der Waals surface area contributed by atoms with Crippen molar-refractivity contribution in [1.29, 1.82) is 0 Å². The van der Waals surface area contributed by atoms with E-state index < -0.39 is 0 Å². The maximum Gasteiger partial charge on any atom is 0.126 e. The van der Waals surface area contributed by atoms with E-state index in [1.54, 1.807) is 13.1 Å². The van der Waals surface area contributed by atoms with E-state index in [2.05, 4.69) is 10.1 Å². The second-order valence-corrected chi connectivity index (χ2v) is 3.01. The molecule has 0 aliphatic rings. The zero-order valence-electron chi connectivity index (χ0n) is 8.00. The first-order valence-electron chi connectivity index (χ1n) is 3.98. The van der Waals surface area contributed by atoms with Crippen molar-refractivity contribution in [1.82, 2.24) is 4.98 Å². The molecule has 1 aromatic rings. The van der Waals surface area contributed by atoms with Crippen LogP contribution in [0.5, 0.6) is 0 Å². The number of hydrogen-bond donors (Lipinski definition) is 2. The van der Waals surface area contributed by atoms with E-state index in [0.717, 1.165) is 16.7 Å². The van der Waals surface area contributed by atoms with Crippen LogP contribution in [0.3, 0.4) is 0 Å². The summed E-state index contributed by atoms with van der Waals surface area (Å²) in [6, 6.07) is 0. The third-order valence-electron chi connectivity index (χ3n) is 2.06. The minimum atomic E-state index is 0.476. The van der Waals surface area contributed by atoms with E-state index in [-0.39, 0.29) is 0 Å². The predicted octanol–water partition coefficient (Wildman–Crippen LogP) is 1.48. The molecule has 0 amide bonds. The van der Waals surface area contributed by atoms with Crippen LogP contribution in [-0.2, 0) is 0 Å². The number of anilines is 1. The van der Waals surface area contributed by atoms with Crippen LogP contribution in [0, 0.1) is 13.8 Å². The van der Waals surface area contributed by atoms with Gasteiger partial charge < -0.3 is 10.9 Å². The Morgan fingerprint density at radius 1 is 1.54 bits per heavy atom. The lowest BCUT2D eigenvalue weighted by atomic mass is 10.0. The Balaban J connectivity index is 3.42. The average Bonchev–Trinajstić information content (AvgIpc) is 2.12. The monoisotopic (exact) mass is 179 g/mol. The molecule has 0 aromatic carbocycles. The Labute approximate surface area is 77.1 Å². The summed E-state index contributed by atoms with van der Waals surface area (Å²) in [6.07, 6.45) is 1.67. The maximum atomic E-state index is 8.65. The Kier molecular flexibility index (Phi) is 2.51. The molecule has 1 aromatic heterocycles. The van der Waals surface area contributed by atoms with Crippen LogP contribution in [0.2, 0.25) is 0 Å². The van der Waals surface area contributed by atoms with Gasteiger partial charge in [0.15, 0.2) is 0 Å². The number of pyridine rings is 1. The average molecular weight is 179 g/mol. The van der Waals surface area contributed by atoms with Gasteiger partial charge in [-0.1, -0.05) is 5.16 Å². The molecule has 0 radical (unpaired) electrons. The second kappa shape index (κ2) is 3.43. The molecule has 0 unspecified atom stereocenters. The molecule has 0 saturated carbocycles. The third kappa shape index (κ3) is 1.61. The van der Waals surface area contributed by atoms with E-state index >= 15 is 0 Å². The van der Waals surface area contributed by atoms with Crippen molar-refractivity contribution in [3.63, 3.8) is 0 Å². The quantitative estimate of drug-likeness (QED) is 0.389. The highest BCUT2D eigenvalue weighted by atomic mass is 16.4. The van der Waals surface area contributed by atoms with Crippen molar-refractivity contribution >= 4 is 11.5 Å². The smallest absolute Gasteiger partial charge is 0.126 e. The number of aryl methyl sites for hydroxylation is 1. The van der Waals surface area contributed by atoms with Gasteiger partial charge >= 0.3 is 0 Å². The lowest BCUT2D eigenvalue weighted by molar-refractivity contribution is 0.319. The largest absolute Gasteiger partial charge is 0.411 e. The first kappa shape index (κ1) is 9.51. The van der Waals surface area contributed by atoms with Crippen molar-refractivity contribution in [2.45, 2.75) is 20.8 Å². The highest BCUT2D eigenvalue weighted by Crippen LogP contribution is 2.17. The summed E-state index contributed by atoms with van der Waals surface area (Å²) in [7, 11) is 0. The van der Waals surface area contributed by atoms with Gasteiger partial charge in [-0.3, -0.25) is 0 Å². The van der Waals surface area contributed by atoms with Gasteiger partial charge in [-0.2, -0.15) is 0 Å². The standard InChI is InChI=1S/C9H13N3O/c1-5-4-11-9(10)6(2)8(5)7(3)12-13/h4,13H,1-3H3,(H2,10,11). The molecule has 1 heterocycles. The van der Waals surface area contributed by atoms with Crippen LogP contribution in [0.15, 0.2) is 11.4 Å². The number of aromatic nitrogens is 1. The van der Waals surface area contributed by atoms with Crippen LogP contribution in [0.25, 0.3) is 0 Å². The summed E-state index contributed by atoms with van der Waals surface area (Å²) >= 11 is 0. The summed E-state index contributed by atoms with van der Waals surface area (Å²) in [5.74, 6) is 0.476. The number of nitrogen functional groups attached to an aromatic ring is 1. The lowest BCUT2D eigenvalue weighted by Gasteiger charge is -2.09. The van der Waals surface area contributed by atoms with Crippen LogP contribution < -0.4 is 5.73 Å². The minimum absolute atomic E-state index is 0.476. The van der Waals surface area contributed by atoms with E-state index in [1.165, 1.54) is 0 Å². The van der Waals surface area contributed by atoms with Gasteiger partial charge in [0.05, 0.1) is 5.71 Å². The second-order valence-electron chi connectivity index (χ2n) is 3.01. The van der Waals surface area contributed by atoms with E-state index in [9.17, 15) is 0 Å². The molecule has 0 fully saturated rings. The molecule has 0 aliphatic heterocycles. The van der Waals surface area contributed by atoms with Crippen molar-refractivity contribution in [2.75, 3.05) is 5.73 Å². The van der Waals surface area contributed by atoms with Gasteiger partial charge in [-0.15, -0.1) is 0 Å². The van der Waals surface area contributed by atoms with E-state index in [0.29, 0.717) is 11.5 Å². The Hall–Kier alpha value is -1.58. The molecule has 3 N–H and O–H groups in total. The molecular weight excluding hydrogens is 166 g/mol. The van der Waals surface area contributed by atoms with Gasteiger partial charge in [0, 0.05) is 17.3 Å². The predicted molar refractivity (Wildman–Crippen MR) is 52.1 cm³/mol. The number of nitrogens with two attached hydrogens (primary N) is 1. The van der Waals surface area contributed by atoms with Gasteiger partial charge in [0.25, 0.3) is 0 Å². The third-order valence-corrected chi connectivity index (χ3v) is 2.06. The van der Waals surface area contributed by atoms with E-state index in [4.69, 9.17) is 10.9 Å². The molecule has 1 rings (SSSR count). The minimum Gasteiger partial charge on any atom is -0.411 e. The summed E-state index contributed by atoms with van der Waals surface area (Å²) in [6.45, 7) is 5.50. The zero-order chi connectivity index (χ0) is 10.0. The molecule has 0 saturated heterocycles. The fraction of sp³-hybridized carbons (Fsp3) is 0.333. The Bertz CT molecular complexity index is 358. The van der Waals surface area contributed by atoms with E-state index in [1.807, 2.05) is 13.8 Å². The van der Waals surface area contributed by atoms with Crippen LogP contribution in [0.4, 0.5) is 5.82 Å². The van der Waals surface area contributed by atoms with Gasteiger partial charge in [0.2, 0.25) is 0 Å². The fourth-order valence-corrected chi connectivity index (χ4v) is 1.36. The van der Waals surface area contributed by atoms with Crippen molar-refractivity contribution in [3.05, 3.63) is 22.9 Å². The topological polar surface area (TPSA) is 71.5 Å². The molecule has 4 heteroatoms. The molecular formula is C9H13N3O. The summed E-state index contributed by atoms with van der Waals surface area (Å²) in [5, 5.41) is 11.8. The molecule has 70 valence electrons. The molecule has 0 spiro atoms. The SMILES string of the molecule is CC(=NO)c1c(C)cnc(N)c1C. The summed E-state index contributed by atoms with van der Waals surface area (Å²) in [4.78, 5) is 4.00. The van der Waals surface area contributed by atoms with Crippen LogP contribution in [-0.4, -0.2) is 15.9 Å². The highest BCUT2D eigenvalue weighted by molar-refractivity contribution is 6.01. The number of rotatable bonds is 1. The first-order chi connectivity index (χ1) is 6.07. The maximum absolute atomic E-state index is 8.65. The van der Waals surface area contributed by atoms with Gasteiger partial charge in [0.1, 0.15) is 5.82 Å². The Morgan fingerprint density at radius 3 is 2.69 bits per heavy atom. The molecule has 13 heavy (non-hydrogen) atoms. The zero-order valence-corrected chi connectivity index (χ0v) is 8.00. The molecule has 4 nitrogen and oxygen atoms in total. The van der Waals surface area contributed by atoms with Crippen molar-refractivity contribution in [3.8, 4) is 0 Å². The van der Waals surface area contributed by atoms with Gasteiger partial charge in [-0.05, 0) is 26.3 Å². The lowest BCUT2D eigenvalue weighted by Crippen LogP contribution is -2.06. The molecule has 0 bridgehead atoms. The molecule has 0 atom stereocenters. The number of nitrogens with zero attached hydrogens (tertiary/aromatic N) is 2. The van der Waals surface area contributed by atoms with Gasteiger partial charge in [-0.25, -0.2) is 4.98 Å². The number of hydrogen-bond acceptors (Lipinski definition) is 4. The highest BCUT2D eigenvalue weighted by Gasteiger charge is 2.09. The van der Waals surface area contributed by atoms with Crippen molar-refractivity contribution in [2.24, 2.45) is 5.16 Å². The summed E-state index contributed by atoms with van der Waals surface area (Å²) in [5.41, 5.74) is 8.88. The number of oxime groups is 1. The van der Waals surface area contributed by atoms with Crippen LogP contribution in [0.1, 0.15) is 23.6 Å². The van der Waals surface area contributed by atoms with Crippen molar-refractivity contribution < 1.29 is 5.21 Å².